The molecule has 2 aromatic carbocycles. The van der Waals surface area contributed by atoms with E-state index in [0.717, 1.165) is 45.1 Å². The van der Waals surface area contributed by atoms with E-state index in [4.69, 9.17) is 10.3 Å². The van der Waals surface area contributed by atoms with Crippen molar-refractivity contribution < 1.29 is 22.3 Å². The number of hydrogen-bond donors (Lipinski definition) is 0. The molecule has 4 aromatic rings. The zero-order valence-corrected chi connectivity index (χ0v) is 19.9. The van der Waals surface area contributed by atoms with Gasteiger partial charge in [-0.25, -0.2) is 27.3 Å². The second-order valence-electron chi connectivity index (χ2n) is 8.49. The maximum atomic E-state index is 15.0. The van der Waals surface area contributed by atoms with Crippen LogP contribution >= 0.6 is 11.3 Å². The number of halogens is 4. The van der Waals surface area contributed by atoms with Gasteiger partial charge in [0.25, 0.3) is 0 Å². The van der Waals surface area contributed by atoms with Gasteiger partial charge in [0, 0.05) is 22.6 Å². The molecular weight excluding hydrogens is 514 g/mol. The first kappa shape index (κ1) is 24.5. The SMILES string of the molecule is Cc1nc(C2(F)CC(N=[N+]=[N-])C2)sc1Oc1ccc(-n2ncn(Cc3c(F)cccc3F)c2=O)cc1F. The standard InChI is InChI=1S/C23H17F4N7O2S/c1-12-20(37-21(30-12)23(27)8-13(9-23)31-32-28)36-19-6-5-14(7-18(19)26)34-22(35)33(11-29-34)10-15-16(24)3-2-4-17(15)25/h2-7,11,13H,8-10H2,1H3. The van der Waals surface area contributed by atoms with Gasteiger partial charge < -0.3 is 4.74 Å². The van der Waals surface area contributed by atoms with Gasteiger partial charge >= 0.3 is 5.69 Å². The molecule has 0 N–H and O–H groups in total. The van der Waals surface area contributed by atoms with Crippen molar-refractivity contribution in [1.29, 1.82) is 0 Å². The predicted molar refractivity (Wildman–Crippen MR) is 125 cm³/mol. The molecule has 2 aromatic heterocycles. The summed E-state index contributed by atoms with van der Waals surface area (Å²) < 4.78 is 65.3. The number of aromatic nitrogens is 4. The van der Waals surface area contributed by atoms with Crippen molar-refractivity contribution in [3.8, 4) is 16.5 Å². The summed E-state index contributed by atoms with van der Waals surface area (Å²) in [7, 11) is 0. The molecule has 1 fully saturated rings. The van der Waals surface area contributed by atoms with Crippen LogP contribution in [-0.2, 0) is 12.2 Å². The Morgan fingerprint density at radius 3 is 2.62 bits per heavy atom. The fourth-order valence-electron chi connectivity index (χ4n) is 3.96. The van der Waals surface area contributed by atoms with E-state index < -0.39 is 41.4 Å². The summed E-state index contributed by atoms with van der Waals surface area (Å²) >= 11 is 0.934. The van der Waals surface area contributed by atoms with Crippen molar-refractivity contribution in [2.45, 2.75) is 38.0 Å². The average molecular weight is 531 g/mol. The van der Waals surface area contributed by atoms with E-state index in [1.807, 2.05) is 0 Å². The fraction of sp³-hybridized carbons (Fsp3) is 0.261. The van der Waals surface area contributed by atoms with Gasteiger partial charge in [-0.2, -0.15) is 9.78 Å². The normalized spacial score (nSPS) is 18.8. The maximum Gasteiger partial charge on any atom is 0.350 e. The van der Waals surface area contributed by atoms with Gasteiger partial charge in [-0.3, -0.25) is 4.57 Å². The van der Waals surface area contributed by atoms with Crippen LogP contribution in [0.1, 0.15) is 29.1 Å². The van der Waals surface area contributed by atoms with Crippen LogP contribution in [0.3, 0.4) is 0 Å². The van der Waals surface area contributed by atoms with Crippen LogP contribution in [0.15, 0.2) is 52.6 Å². The first-order valence-corrected chi connectivity index (χ1v) is 11.8. The zero-order valence-electron chi connectivity index (χ0n) is 19.1. The first-order valence-electron chi connectivity index (χ1n) is 10.9. The molecule has 0 amide bonds. The summed E-state index contributed by atoms with van der Waals surface area (Å²) in [5, 5.41) is 7.76. The second kappa shape index (κ2) is 9.37. The van der Waals surface area contributed by atoms with Crippen molar-refractivity contribution >= 4 is 11.3 Å². The van der Waals surface area contributed by atoms with Crippen molar-refractivity contribution in [2.24, 2.45) is 5.11 Å². The lowest BCUT2D eigenvalue weighted by molar-refractivity contribution is 0.0403. The molecule has 0 unspecified atom stereocenters. The molecule has 1 saturated carbocycles. The molecule has 37 heavy (non-hydrogen) atoms. The van der Waals surface area contributed by atoms with Crippen LogP contribution in [-0.4, -0.2) is 25.4 Å². The van der Waals surface area contributed by atoms with E-state index in [9.17, 15) is 18.0 Å². The Hall–Kier alpha value is -4.16. The van der Waals surface area contributed by atoms with E-state index >= 15 is 4.39 Å². The molecule has 9 nitrogen and oxygen atoms in total. The Bertz CT molecular complexity index is 1580. The predicted octanol–water partition coefficient (Wildman–Crippen LogP) is 5.69. The highest BCUT2D eigenvalue weighted by Gasteiger charge is 2.48. The van der Waals surface area contributed by atoms with Crippen LogP contribution in [0.25, 0.3) is 16.1 Å². The lowest BCUT2D eigenvalue weighted by Crippen LogP contribution is -2.39. The minimum Gasteiger partial charge on any atom is -0.442 e. The van der Waals surface area contributed by atoms with E-state index in [0.29, 0.717) is 5.69 Å². The Labute approximate surface area is 210 Å². The Balaban J connectivity index is 1.35. The van der Waals surface area contributed by atoms with E-state index in [-0.39, 0.29) is 39.9 Å². The first-order chi connectivity index (χ1) is 17.7. The van der Waals surface area contributed by atoms with Gasteiger partial charge in [-0.15, -0.1) is 0 Å². The average Bonchev–Trinajstić information content (AvgIpc) is 3.39. The van der Waals surface area contributed by atoms with Crippen LogP contribution in [0.2, 0.25) is 0 Å². The molecular formula is C23H17F4N7O2S. The second-order valence-corrected chi connectivity index (χ2v) is 9.46. The van der Waals surface area contributed by atoms with Gasteiger partial charge in [0.2, 0.25) is 5.06 Å². The highest BCUT2D eigenvalue weighted by atomic mass is 32.1. The molecule has 5 rings (SSSR count). The summed E-state index contributed by atoms with van der Waals surface area (Å²) in [6, 6.07) is 6.60. The third-order valence-electron chi connectivity index (χ3n) is 5.96. The largest absolute Gasteiger partial charge is 0.442 e. The minimum atomic E-state index is -1.73. The van der Waals surface area contributed by atoms with Gasteiger partial charge in [0.15, 0.2) is 17.2 Å². The lowest BCUT2D eigenvalue weighted by Gasteiger charge is -2.37. The quantitative estimate of drug-likeness (QED) is 0.132. The molecule has 0 radical (unpaired) electrons. The van der Waals surface area contributed by atoms with Crippen molar-refractivity contribution in [3.05, 3.63) is 97.4 Å². The third kappa shape index (κ3) is 4.56. The van der Waals surface area contributed by atoms with Crippen molar-refractivity contribution in [1.82, 2.24) is 19.3 Å². The van der Waals surface area contributed by atoms with Gasteiger partial charge in [-0.1, -0.05) is 22.5 Å². The van der Waals surface area contributed by atoms with E-state index in [1.54, 1.807) is 6.92 Å². The molecule has 0 spiro atoms. The van der Waals surface area contributed by atoms with Crippen molar-refractivity contribution in [3.63, 3.8) is 0 Å². The topological polar surface area (TPSA) is 111 Å². The Kier molecular flexibility index (Phi) is 6.21. The molecule has 0 atom stereocenters. The van der Waals surface area contributed by atoms with Crippen LogP contribution < -0.4 is 10.4 Å². The molecule has 14 heteroatoms. The lowest BCUT2D eigenvalue weighted by atomic mass is 9.78. The zero-order chi connectivity index (χ0) is 26.3. The van der Waals surface area contributed by atoms with E-state index in [2.05, 4.69) is 20.1 Å². The number of aryl methyl sites for hydroxylation is 1. The van der Waals surface area contributed by atoms with Gasteiger partial charge in [0.1, 0.15) is 23.0 Å². The number of ether oxygens (including phenoxy) is 1. The highest BCUT2D eigenvalue weighted by molar-refractivity contribution is 7.13. The molecule has 190 valence electrons. The summed E-state index contributed by atoms with van der Waals surface area (Å²) in [6.45, 7) is 1.20. The Morgan fingerprint density at radius 1 is 1.22 bits per heavy atom. The van der Waals surface area contributed by atoms with Crippen LogP contribution in [0.4, 0.5) is 17.6 Å². The number of hydrogen-bond acceptors (Lipinski definition) is 6. The van der Waals surface area contributed by atoms with Gasteiger partial charge in [0.05, 0.1) is 17.9 Å². The molecule has 2 heterocycles. The van der Waals surface area contributed by atoms with E-state index in [1.165, 1.54) is 18.2 Å². The van der Waals surface area contributed by atoms with Crippen LogP contribution in [0, 0.1) is 24.4 Å². The van der Waals surface area contributed by atoms with Gasteiger partial charge in [-0.05, 0) is 49.6 Å². The fourth-order valence-corrected chi connectivity index (χ4v) is 5.00. The molecule has 0 bridgehead atoms. The molecule has 1 aliphatic carbocycles. The number of benzene rings is 2. The van der Waals surface area contributed by atoms with Crippen molar-refractivity contribution in [2.75, 3.05) is 0 Å². The molecule has 1 aliphatic rings. The third-order valence-corrected chi connectivity index (χ3v) is 7.17. The summed E-state index contributed by atoms with van der Waals surface area (Å²) in [4.78, 5) is 19.6. The number of azide groups is 1. The highest BCUT2D eigenvalue weighted by Crippen LogP contribution is 2.50. The summed E-state index contributed by atoms with van der Waals surface area (Å²) in [5.41, 5.74) is 6.15. The summed E-state index contributed by atoms with van der Waals surface area (Å²) in [6.07, 6.45) is 1.12. The number of rotatable bonds is 7. The Morgan fingerprint density at radius 2 is 1.95 bits per heavy atom. The molecule has 0 aliphatic heterocycles. The number of nitrogens with zero attached hydrogens (tertiary/aromatic N) is 7. The maximum absolute atomic E-state index is 15.0. The smallest absolute Gasteiger partial charge is 0.350 e. The molecule has 0 saturated heterocycles. The van der Waals surface area contributed by atoms with Crippen LogP contribution in [0.5, 0.6) is 10.8 Å². The summed E-state index contributed by atoms with van der Waals surface area (Å²) in [5.74, 6) is -2.62. The number of thiazole rings is 1. The minimum absolute atomic E-state index is 0.0114. The number of alkyl halides is 1. The monoisotopic (exact) mass is 531 g/mol.